The van der Waals surface area contributed by atoms with Crippen LogP contribution in [0.5, 0.6) is 0 Å². The summed E-state index contributed by atoms with van der Waals surface area (Å²) < 4.78 is 33.0. The van der Waals surface area contributed by atoms with Gasteiger partial charge >= 0.3 is 0 Å². The van der Waals surface area contributed by atoms with Gasteiger partial charge in [0.2, 0.25) is 15.9 Å². The first-order chi connectivity index (χ1) is 14.3. The maximum Gasteiger partial charge on any atom is 0.244 e. The molecule has 6 nitrogen and oxygen atoms in total. The van der Waals surface area contributed by atoms with E-state index in [4.69, 9.17) is 27.6 Å². The molecular weight excluding hydrogens is 447 g/mol. The molecule has 2 heterocycles. The molecule has 2 unspecified atom stereocenters. The van der Waals surface area contributed by atoms with Crippen LogP contribution in [0, 0.1) is 5.92 Å². The number of hydrogen-bond donors (Lipinski definition) is 0. The van der Waals surface area contributed by atoms with Crippen LogP contribution in [0.2, 0.25) is 10.0 Å². The zero-order valence-electron chi connectivity index (χ0n) is 16.7. The van der Waals surface area contributed by atoms with Gasteiger partial charge in [0.15, 0.2) is 0 Å². The smallest absolute Gasteiger partial charge is 0.244 e. The number of rotatable bonds is 6. The van der Waals surface area contributed by atoms with Crippen LogP contribution in [0.15, 0.2) is 39.6 Å². The number of amides is 1. The third-order valence-electron chi connectivity index (χ3n) is 5.87. The van der Waals surface area contributed by atoms with E-state index in [2.05, 4.69) is 6.92 Å². The van der Waals surface area contributed by atoms with Gasteiger partial charge < -0.3 is 9.32 Å². The Bertz CT molecular complexity index is 1050. The molecule has 4 rings (SSSR count). The summed E-state index contributed by atoms with van der Waals surface area (Å²) in [5.74, 6) is 3.06. The molecule has 9 heteroatoms. The maximum absolute atomic E-state index is 12.9. The molecule has 0 N–H and O–H groups in total. The van der Waals surface area contributed by atoms with E-state index >= 15 is 0 Å². The number of nitrogens with zero attached hydrogens (tertiary/aromatic N) is 2. The fourth-order valence-corrected chi connectivity index (χ4v) is 5.99. The Hall–Kier alpha value is -1.54. The van der Waals surface area contributed by atoms with Crippen LogP contribution in [0.3, 0.4) is 0 Å². The molecule has 1 aliphatic carbocycles. The van der Waals surface area contributed by atoms with E-state index < -0.39 is 10.0 Å². The van der Waals surface area contributed by atoms with Gasteiger partial charge in [-0.25, -0.2) is 8.42 Å². The summed E-state index contributed by atoms with van der Waals surface area (Å²) in [5.41, 5.74) is 0. The van der Waals surface area contributed by atoms with E-state index in [0.717, 1.165) is 11.5 Å². The highest BCUT2D eigenvalue weighted by Gasteiger charge is 2.36. The van der Waals surface area contributed by atoms with Gasteiger partial charge in [-0.2, -0.15) is 4.31 Å². The van der Waals surface area contributed by atoms with Crippen molar-refractivity contribution in [1.29, 1.82) is 0 Å². The Kier molecular flexibility index (Phi) is 6.17. The SMILES string of the molecule is CC1CC1c1ccc(CCC(=O)N2CCN(S(=O)(=O)c3cccc(Cl)c3Cl)CC2)o1. The summed E-state index contributed by atoms with van der Waals surface area (Å²) in [7, 11) is -3.76. The molecule has 1 aromatic heterocycles. The van der Waals surface area contributed by atoms with Gasteiger partial charge in [-0.3, -0.25) is 4.79 Å². The molecule has 162 valence electrons. The van der Waals surface area contributed by atoms with Crippen LogP contribution in [0.4, 0.5) is 0 Å². The number of halogens is 2. The van der Waals surface area contributed by atoms with Gasteiger partial charge in [0, 0.05) is 44.9 Å². The van der Waals surface area contributed by atoms with Crippen molar-refractivity contribution in [3.05, 3.63) is 51.9 Å². The van der Waals surface area contributed by atoms with E-state index in [1.807, 2.05) is 12.1 Å². The van der Waals surface area contributed by atoms with Crippen LogP contribution in [0.25, 0.3) is 0 Å². The molecule has 0 spiro atoms. The van der Waals surface area contributed by atoms with Crippen molar-refractivity contribution in [3.8, 4) is 0 Å². The molecule has 2 atom stereocenters. The molecule has 2 fully saturated rings. The van der Waals surface area contributed by atoms with Crippen molar-refractivity contribution >= 4 is 39.1 Å². The lowest BCUT2D eigenvalue weighted by Gasteiger charge is -2.34. The number of sulfonamides is 1. The lowest BCUT2D eigenvalue weighted by molar-refractivity contribution is -0.132. The minimum Gasteiger partial charge on any atom is -0.466 e. The topological polar surface area (TPSA) is 70.8 Å². The normalized spacial score (nSPS) is 22.3. The summed E-state index contributed by atoms with van der Waals surface area (Å²) in [6.07, 6.45) is 2.07. The number of aryl methyl sites for hydroxylation is 1. The first-order valence-electron chi connectivity index (χ1n) is 10.1. The summed E-state index contributed by atoms with van der Waals surface area (Å²) in [4.78, 5) is 14.3. The molecule has 2 aliphatic rings. The molecule has 0 bridgehead atoms. The third kappa shape index (κ3) is 4.40. The van der Waals surface area contributed by atoms with Crippen molar-refractivity contribution < 1.29 is 17.6 Å². The second-order valence-corrected chi connectivity index (χ2v) is 10.7. The van der Waals surface area contributed by atoms with Gasteiger partial charge in [-0.15, -0.1) is 0 Å². The molecule has 1 saturated heterocycles. The molecule has 1 aromatic carbocycles. The van der Waals surface area contributed by atoms with Gasteiger partial charge in [-0.1, -0.05) is 36.2 Å². The van der Waals surface area contributed by atoms with Crippen LogP contribution in [-0.4, -0.2) is 49.7 Å². The fraction of sp³-hybridized carbons (Fsp3) is 0.476. The largest absolute Gasteiger partial charge is 0.466 e. The number of carbonyl (C=O) groups excluding carboxylic acids is 1. The summed E-state index contributed by atoms with van der Waals surface area (Å²) >= 11 is 12.1. The minimum absolute atomic E-state index is 0.00459. The lowest BCUT2D eigenvalue weighted by atomic mass is 10.2. The number of benzene rings is 1. The van der Waals surface area contributed by atoms with Crippen molar-refractivity contribution in [1.82, 2.24) is 9.21 Å². The first-order valence-corrected chi connectivity index (χ1v) is 12.3. The van der Waals surface area contributed by atoms with Crippen LogP contribution >= 0.6 is 23.2 Å². The van der Waals surface area contributed by atoms with Crippen molar-refractivity contribution in [2.75, 3.05) is 26.2 Å². The Morgan fingerprint density at radius 3 is 2.50 bits per heavy atom. The zero-order chi connectivity index (χ0) is 21.5. The van der Waals surface area contributed by atoms with E-state index in [9.17, 15) is 13.2 Å². The number of hydrogen-bond acceptors (Lipinski definition) is 4. The highest BCUT2D eigenvalue weighted by atomic mass is 35.5. The number of furan rings is 1. The molecule has 1 aliphatic heterocycles. The zero-order valence-corrected chi connectivity index (χ0v) is 19.0. The molecule has 2 aromatic rings. The standard InChI is InChI=1S/C21H24Cl2N2O4S/c1-14-13-16(14)18-7-5-15(29-18)6-8-20(26)24-9-11-25(12-10-24)30(27,28)19-4-2-3-17(22)21(19)23/h2-5,7,14,16H,6,8-13H2,1H3. The monoisotopic (exact) mass is 470 g/mol. The summed E-state index contributed by atoms with van der Waals surface area (Å²) in [5, 5.41) is 0.222. The van der Waals surface area contributed by atoms with Gasteiger partial charge in [0.25, 0.3) is 0 Å². The Morgan fingerprint density at radius 1 is 1.13 bits per heavy atom. The molecule has 1 amide bonds. The summed E-state index contributed by atoms with van der Waals surface area (Å²) in [6.45, 7) is 3.35. The highest BCUT2D eigenvalue weighted by Crippen LogP contribution is 2.47. The number of carbonyl (C=O) groups is 1. The van der Waals surface area contributed by atoms with E-state index in [1.54, 1.807) is 17.0 Å². The first kappa shape index (κ1) is 21.7. The Morgan fingerprint density at radius 2 is 1.83 bits per heavy atom. The average molecular weight is 471 g/mol. The minimum atomic E-state index is -3.76. The van der Waals surface area contributed by atoms with Crippen molar-refractivity contribution in [2.45, 2.75) is 37.0 Å². The summed E-state index contributed by atoms with van der Waals surface area (Å²) in [6, 6.07) is 8.52. The predicted octanol–water partition coefficient (Wildman–Crippen LogP) is 4.18. The average Bonchev–Trinajstić information content (AvgIpc) is 3.27. The Labute approximate surface area is 186 Å². The van der Waals surface area contributed by atoms with Crippen LogP contribution < -0.4 is 0 Å². The van der Waals surface area contributed by atoms with Gasteiger partial charge in [0.1, 0.15) is 16.4 Å². The third-order valence-corrected chi connectivity index (χ3v) is 8.74. The predicted molar refractivity (Wildman–Crippen MR) is 115 cm³/mol. The highest BCUT2D eigenvalue weighted by molar-refractivity contribution is 7.89. The van der Waals surface area contributed by atoms with Crippen LogP contribution in [0.1, 0.15) is 37.2 Å². The number of piperazine rings is 1. The van der Waals surface area contributed by atoms with Crippen molar-refractivity contribution in [2.24, 2.45) is 5.92 Å². The van der Waals surface area contributed by atoms with Gasteiger partial charge in [0.05, 0.1) is 10.0 Å². The molecule has 30 heavy (non-hydrogen) atoms. The van der Waals surface area contributed by atoms with E-state index in [-0.39, 0.29) is 33.9 Å². The van der Waals surface area contributed by atoms with Crippen LogP contribution in [-0.2, 0) is 21.2 Å². The molecule has 0 radical (unpaired) electrons. The van der Waals surface area contributed by atoms with E-state index in [1.165, 1.54) is 16.8 Å². The second kappa shape index (κ2) is 8.54. The maximum atomic E-state index is 12.9. The molecule has 1 saturated carbocycles. The van der Waals surface area contributed by atoms with E-state index in [0.29, 0.717) is 37.8 Å². The quantitative estimate of drug-likeness (QED) is 0.634. The van der Waals surface area contributed by atoms with Crippen molar-refractivity contribution in [3.63, 3.8) is 0 Å². The Balaban J connectivity index is 1.31. The second-order valence-electron chi connectivity index (χ2n) is 7.96. The lowest BCUT2D eigenvalue weighted by Crippen LogP contribution is -2.50. The molecular formula is C21H24Cl2N2O4S. The fourth-order valence-electron chi connectivity index (χ4n) is 3.84. The van der Waals surface area contributed by atoms with Gasteiger partial charge in [-0.05, 0) is 36.6 Å².